The molecule has 2 aromatic rings. The minimum atomic E-state index is 0.0862. The number of rotatable bonds is 8. The third kappa shape index (κ3) is 4.49. The molecular formula is C28H39N3O. The number of fused-ring (bicyclic) bond motifs is 3. The molecule has 3 aliphatic rings. The second-order valence-electron chi connectivity index (χ2n) is 9.98. The summed E-state index contributed by atoms with van der Waals surface area (Å²) in [5.41, 5.74) is 2.90. The quantitative estimate of drug-likeness (QED) is 0.666. The van der Waals surface area contributed by atoms with E-state index >= 15 is 0 Å². The molecule has 0 radical (unpaired) electrons. The standard InChI is InChI=1S/C28H39N3O/c1-5-31(6-2)20-26(32)29-25-19-28(30(3)4)17-23(21-13-9-7-10-14-21)27(25)24(18-28)22-15-11-8-12-16-22/h7-16,23-25,27H,5-6,17-20H2,1-4H3,(H,29,32). The van der Waals surface area contributed by atoms with Crippen LogP contribution in [0.15, 0.2) is 60.7 Å². The fourth-order valence-corrected chi connectivity index (χ4v) is 6.41. The molecule has 3 atom stereocenters. The Labute approximate surface area is 194 Å². The Morgan fingerprint density at radius 1 is 0.875 bits per heavy atom. The number of nitrogens with one attached hydrogen (secondary N) is 1. The zero-order chi connectivity index (χ0) is 22.7. The highest BCUT2D eigenvalue weighted by Gasteiger charge is 2.57. The lowest BCUT2D eigenvalue weighted by molar-refractivity contribution is -0.125. The van der Waals surface area contributed by atoms with Gasteiger partial charge in [-0.05, 0) is 75.3 Å². The van der Waals surface area contributed by atoms with Crippen molar-refractivity contribution in [1.29, 1.82) is 0 Å². The third-order valence-electron chi connectivity index (χ3n) is 8.21. The predicted molar refractivity (Wildman–Crippen MR) is 132 cm³/mol. The summed E-state index contributed by atoms with van der Waals surface area (Å²) >= 11 is 0. The molecule has 0 aromatic heterocycles. The maximum absolute atomic E-state index is 13.1. The molecule has 3 saturated carbocycles. The van der Waals surface area contributed by atoms with Crippen LogP contribution in [-0.2, 0) is 4.79 Å². The summed E-state index contributed by atoms with van der Waals surface area (Å²) in [6.45, 7) is 6.53. The molecule has 32 heavy (non-hydrogen) atoms. The van der Waals surface area contributed by atoms with E-state index in [4.69, 9.17) is 0 Å². The molecule has 3 unspecified atom stereocenters. The Kier molecular flexibility index (Phi) is 7.02. The van der Waals surface area contributed by atoms with Gasteiger partial charge in [0.1, 0.15) is 0 Å². The van der Waals surface area contributed by atoms with Crippen molar-refractivity contribution in [3.8, 4) is 0 Å². The van der Waals surface area contributed by atoms with Gasteiger partial charge in [0.15, 0.2) is 0 Å². The van der Waals surface area contributed by atoms with Crippen LogP contribution in [-0.4, -0.2) is 61.0 Å². The highest BCUT2D eigenvalue weighted by Crippen LogP contribution is 2.59. The third-order valence-corrected chi connectivity index (χ3v) is 8.21. The first-order chi connectivity index (χ1) is 15.5. The molecule has 3 aliphatic carbocycles. The maximum Gasteiger partial charge on any atom is 0.234 e. The molecule has 4 nitrogen and oxygen atoms in total. The van der Waals surface area contributed by atoms with Gasteiger partial charge >= 0.3 is 0 Å². The van der Waals surface area contributed by atoms with Crippen LogP contribution >= 0.6 is 0 Å². The van der Waals surface area contributed by atoms with Crippen LogP contribution in [0, 0.1) is 5.92 Å². The molecule has 1 N–H and O–H groups in total. The van der Waals surface area contributed by atoms with E-state index in [1.165, 1.54) is 11.1 Å². The molecule has 0 aliphatic heterocycles. The first kappa shape index (κ1) is 23.0. The van der Waals surface area contributed by atoms with Crippen molar-refractivity contribution in [2.75, 3.05) is 33.7 Å². The zero-order valence-corrected chi connectivity index (χ0v) is 20.1. The van der Waals surface area contributed by atoms with Gasteiger partial charge in [-0.15, -0.1) is 0 Å². The van der Waals surface area contributed by atoms with Gasteiger partial charge in [0.2, 0.25) is 5.91 Å². The second kappa shape index (κ2) is 9.76. The van der Waals surface area contributed by atoms with Crippen LogP contribution in [0.2, 0.25) is 0 Å². The lowest BCUT2D eigenvalue weighted by atomic mass is 9.51. The van der Waals surface area contributed by atoms with Crippen LogP contribution in [0.1, 0.15) is 56.1 Å². The highest BCUT2D eigenvalue weighted by molar-refractivity contribution is 5.78. The van der Waals surface area contributed by atoms with Crippen molar-refractivity contribution in [3.05, 3.63) is 71.8 Å². The number of hydrogen-bond acceptors (Lipinski definition) is 3. The number of benzene rings is 2. The fourth-order valence-electron chi connectivity index (χ4n) is 6.41. The van der Waals surface area contributed by atoms with Crippen molar-refractivity contribution in [2.24, 2.45) is 5.92 Å². The maximum atomic E-state index is 13.1. The SMILES string of the molecule is CCN(CC)CC(=O)NC1CC2(N(C)C)CC(c3ccccc3)C1C(c1ccccc1)C2. The summed E-state index contributed by atoms with van der Waals surface area (Å²) in [7, 11) is 4.45. The smallest absolute Gasteiger partial charge is 0.234 e. The number of amides is 1. The van der Waals surface area contributed by atoms with Crippen molar-refractivity contribution < 1.29 is 4.79 Å². The number of carbonyl (C=O) groups excluding carboxylic acids is 1. The summed E-state index contributed by atoms with van der Waals surface area (Å²) in [6, 6.07) is 22.1. The van der Waals surface area contributed by atoms with Gasteiger partial charge in [-0.1, -0.05) is 74.5 Å². The van der Waals surface area contributed by atoms with Crippen molar-refractivity contribution in [2.45, 2.75) is 56.5 Å². The summed E-state index contributed by atoms with van der Waals surface area (Å²) < 4.78 is 0. The Bertz CT molecular complexity index is 829. The molecule has 4 heteroatoms. The Hall–Kier alpha value is -2.17. The summed E-state index contributed by atoms with van der Waals surface area (Å²) in [5, 5.41) is 3.52. The fraction of sp³-hybridized carbons (Fsp3) is 0.536. The lowest BCUT2D eigenvalue weighted by Gasteiger charge is -2.61. The van der Waals surface area contributed by atoms with Crippen LogP contribution in [0.3, 0.4) is 0 Å². The number of hydrogen-bond donors (Lipinski definition) is 1. The Balaban J connectivity index is 1.72. The Morgan fingerprint density at radius 2 is 1.38 bits per heavy atom. The van der Waals surface area contributed by atoms with Gasteiger partial charge in [0.25, 0.3) is 0 Å². The van der Waals surface area contributed by atoms with Crippen molar-refractivity contribution in [3.63, 3.8) is 0 Å². The van der Waals surface area contributed by atoms with Crippen LogP contribution < -0.4 is 5.32 Å². The van der Waals surface area contributed by atoms with Gasteiger partial charge < -0.3 is 10.2 Å². The first-order valence-electron chi connectivity index (χ1n) is 12.3. The summed E-state index contributed by atoms with van der Waals surface area (Å²) in [4.78, 5) is 17.7. The van der Waals surface area contributed by atoms with Crippen LogP contribution in [0.5, 0.6) is 0 Å². The van der Waals surface area contributed by atoms with Crippen LogP contribution in [0.4, 0.5) is 0 Å². The molecule has 5 rings (SSSR count). The van der Waals surface area contributed by atoms with Crippen molar-refractivity contribution in [1.82, 2.24) is 15.1 Å². The van der Waals surface area contributed by atoms with E-state index in [2.05, 4.69) is 104 Å². The van der Waals surface area contributed by atoms with Gasteiger partial charge in [0, 0.05) is 11.6 Å². The van der Waals surface area contributed by atoms with E-state index in [0.29, 0.717) is 24.3 Å². The molecule has 172 valence electrons. The average molecular weight is 434 g/mol. The molecule has 2 aromatic carbocycles. The molecule has 3 fully saturated rings. The minimum Gasteiger partial charge on any atom is -0.352 e. The van der Waals surface area contributed by atoms with E-state index in [-0.39, 0.29) is 17.5 Å². The van der Waals surface area contributed by atoms with Crippen molar-refractivity contribution >= 4 is 5.91 Å². The summed E-state index contributed by atoms with van der Waals surface area (Å²) in [6.07, 6.45) is 3.34. The molecule has 1 amide bonds. The van der Waals surface area contributed by atoms with E-state index in [9.17, 15) is 4.79 Å². The minimum absolute atomic E-state index is 0.0862. The van der Waals surface area contributed by atoms with E-state index in [0.717, 1.165) is 32.4 Å². The lowest BCUT2D eigenvalue weighted by Crippen LogP contribution is -2.64. The predicted octanol–water partition coefficient (Wildman–Crippen LogP) is 4.49. The molecule has 0 heterocycles. The second-order valence-corrected chi connectivity index (χ2v) is 9.98. The van der Waals surface area contributed by atoms with Crippen LogP contribution in [0.25, 0.3) is 0 Å². The number of likely N-dealkylation sites (N-methyl/N-ethyl adjacent to an activating group) is 1. The van der Waals surface area contributed by atoms with Gasteiger partial charge in [-0.25, -0.2) is 0 Å². The normalized spacial score (nSPS) is 29.4. The number of nitrogens with zero attached hydrogens (tertiary/aromatic N) is 2. The zero-order valence-electron chi connectivity index (χ0n) is 20.1. The number of carbonyl (C=O) groups is 1. The largest absolute Gasteiger partial charge is 0.352 e. The van der Waals surface area contributed by atoms with Gasteiger partial charge in [0.05, 0.1) is 6.54 Å². The van der Waals surface area contributed by atoms with Gasteiger partial charge in [-0.3, -0.25) is 9.69 Å². The monoisotopic (exact) mass is 433 g/mol. The highest BCUT2D eigenvalue weighted by atomic mass is 16.2. The topological polar surface area (TPSA) is 35.6 Å². The van der Waals surface area contributed by atoms with Gasteiger partial charge in [-0.2, -0.15) is 0 Å². The molecular weight excluding hydrogens is 394 g/mol. The van der Waals surface area contributed by atoms with E-state index < -0.39 is 0 Å². The molecule has 0 saturated heterocycles. The van der Waals surface area contributed by atoms with E-state index in [1.807, 2.05) is 0 Å². The van der Waals surface area contributed by atoms with E-state index in [1.54, 1.807) is 0 Å². The first-order valence-corrected chi connectivity index (χ1v) is 12.3. The molecule has 2 bridgehead atoms. The average Bonchev–Trinajstić information content (AvgIpc) is 2.83. The Morgan fingerprint density at radius 3 is 1.81 bits per heavy atom. The summed E-state index contributed by atoms with van der Waals surface area (Å²) in [5.74, 6) is 1.44. The molecule has 0 spiro atoms.